The lowest BCUT2D eigenvalue weighted by Gasteiger charge is -2.31. The van der Waals surface area contributed by atoms with Crippen LogP contribution in [0.5, 0.6) is 0 Å². The molecule has 2 aromatic carbocycles. The third-order valence-corrected chi connectivity index (χ3v) is 6.66. The van der Waals surface area contributed by atoms with E-state index in [-0.39, 0.29) is 5.41 Å². The van der Waals surface area contributed by atoms with Gasteiger partial charge in [0.2, 0.25) is 0 Å². The average Bonchev–Trinajstić information content (AvgIpc) is 2.60. The fraction of sp³-hybridized carbons (Fsp3) is 0.300. The Labute approximate surface area is 164 Å². The molecule has 0 fully saturated rings. The number of halogens is 3. The normalized spacial score (nSPS) is 12.5. The van der Waals surface area contributed by atoms with E-state index in [0.29, 0.717) is 15.1 Å². The van der Waals surface area contributed by atoms with Crippen LogP contribution in [0.15, 0.2) is 52.8 Å². The molecule has 0 aliphatic heterocycles. The summed E-state index contributed by atoms with van der Waals surface area (Å²) in [6.07, 6.45) is 2.06. The molecule has 0 nitrogen and oxygen atoms in total. The maximum Gasteiger partial charge on any atom is 0.0778 e. The molecule has 4 heteroatoms. The maximum absolute atomic E-state index is 6.27. The second-order valence-corrected chi connectivity index (χ2v) is 8.12. The monoisotopic (exact) mass is 398 g/mol. The van der Waals surface area contributed by atoms with Gasteiger partial charge in [-0.05, 0) is 59.1 Å². The first-order valence-electron chi connectivity index (χ1n) is 7.98. The predicted octanol–water partition coefficient (Wildman–Crippen LogP) is 8.61. The second kappa shape index (κ2) is 8.67. The number of hydrogen-bond acceptors (Lipinski definition) is 1. The zero-order valence-corrected chi connectivity index (χ0v) is 17.2. The van der Waals surface area contributed by atoms with Gasteiger partial charge in [-0.1, -0.05) is 85.5 Å². The van der Waals surface area contributed by atoms with Gasteiger partial charge >= 0.3 is 0 Å². The fourth-order valence-electron chi connectivity index (χ4n) is 2.53. The van der Waals surface area contributed by atoms with Crippen LogP contribution < -0.4 is 0 Å². The Morgan fingerprint density at radius 2 is 1.54 bits per heavy atom. The average molecular weight is 400 g/mol. The molecule has 0 aliphatic carbocycles. The van der Waals surface area contributed by atoms with E-state index in [2.05, 4.69) is 38.3 Å². The molecular formula is C20H21Cl3S. The minimum absolute atomic E-state index is 0.0439. The summed E-state index contributed by atoms with van der Waals surface area (Å²) in [5, 5.41) is 3.61. The Bertz CT molecular complexity index is 696. The molecule has 2 rings (SSSR count). The van der Waals surface area contributed by atoms with E-state index >= 15 is 0 Å². The Kier molecular flexibility index (Phi) is 7.12. The number of benzene rings is 2. The van der Waals surface area contributed by atoms with Gasteiger partial charge in [0.1, 0.15) is 0 Å². The summed E-state index contributed by atoms with van der Waals surface area (Å²) in [6, 6.07) is 14.2. The van der Waals surface area contributed by atoms with Crippen molar-refractivity contribution in [1.82, 2.24) is 0 Å². The molecule has 0 radical (unpaired) electrons. The predicted molar refractivity (Wildman–Crippen MR) is 110 cm³/mol. The van der Waals surface area contributed by atoms with Crippen molar-refractivity contribution >= 4 is 52.1 Å². The molecule has 0 aromatic heterocycles. The Morgan fingerprint density at radius 1 is 1.00 bits per heavy atom. The molecule has 0 amide bonds. The summed E-state index contributed by atoms with van der Waals surface area (Å²) < 4.78 is 0. The van der Waals surface area contributed by atoms with Crippen molar-refractivity contribution in [3.05, 3.63) is 68.5 Å². The van der Waals surface area contributed by atoms with E-state index in [9.17, 15) is 0 Å². The van der Waals surface area contributed by atoms with Crippen LogP contribution in [-0.4, -0.2) is 0 Å². The van der Waals surface area contributed by atoms with E-state index in [0.717, 1.165) is 18.4 Å². The first-order chi connectivity index (χ1) is 11.4. The molecule has 0 saturated carbocycles. The molecule has 0 saturated heterocycles. The molecule has 0 unspecified atom stereocenters. The molecule has 2 aromatic rings. The van der Waals surface area contributed by atoms with E-state index < -0.39 is 0 Å². The van der Waals surface area contributed by atoms with Crippen molar-refractivity contribution in [2.75, 3.05) is 0 Å². The van der Waals surface area contributed by atoms with Crippen LogP contribution in [-0.2, 0) is 0 Å². The molecule has 0 N–H and O–H groups in total. The molecule has 128 valence electrons. The van der Waals surface area contributed by atoms with Crippen LogP contribution in [0.4, 0.5) is 0 Å². The highest BCUT2D eigenvalue weighted by Gasteiger charge is 2.27. The minimum Gasteiger partial charge on any atom is -0.0978 e. The molecule has 0 bridgehead atoms. The molecule has 0 aliphatic rings. The van der Waals surface area contributed by atoms with Crippen LogP contribution in [0.25, 0.3) is 5.57 Å². The molecule has 0 spiro atoms. The summed E-state index contributed by atoms with van der Waals surface area (Å²) in [7, 11) is 0. The quantitative estimate of drug-likeness (QED) is 0.346. The smallest absolute Gasteiger partial charge is 0.0778 e. The van der Waals surface area contributed by atoms with Gasteiger partial charge < -0.3 is 0 Å². The maximum atomic E-state index is 6.27. The van der Waals surface area contributed by atoms with Crippen LogP contribution >= 0.6 is 46.6 Å². The summed E-state index contributed by atoms with van der Waals surface area (Å²) >= 11 is 20.4. The standard InChI is InChI=1S/C20H21Cl3S/c1-4-20(3,5-2)16(13-24-15-9-7-6-8-10-15)14-11-17(21)19(23)18(22)12-14/h6-13H,4-5H2,1-3H3. The molecule has 0 heterocycles. The first kappa shape index (κ1) is 19.7. The van der Waals surface area contributed by atoms with Crippen molar-refractivity contribution in [2.45, 2.75) is 38.5 Å². The number of allylic oxidation sites excluding steroid dienone is 1. The van der Waals surface area contributed by atoms with Gasteiger partial charge in [-0.3, -0.25) is 0 Å². The lowest BCUT2D eigenvalue weighted by atomic mass is 9.75. The van der Waals surface area contributed by atoms with Crippen LogP contribution in [0, 0.1) is 5.41 Å². The fourth-order valence-corrected chi connectivity index (χ4v) is 4.11. The van der Waals surface area contributed by atoms with E-state index in [1.807, 2.05) is 30.3 Å². The van der Waals surface area contributed by atoms with Crippen molar-refractivity contribution < 1.29 is 0 Å². The largest absolute Gasteiger partial charge is 0.0978 e. The zero-order valence-electron chi connectivity index (χ0n) is 14.1. The van der Waals surface area contributed by atoms with Gasteiger partial charge in [-0.2, -0.15) is 0 Å². The van der Waals surface area contributed by atoms with Crippen LogP contribution in [0.2, 0.25) is 15.1 Å². The van der Waals surface area contributed by atoms with E-state index in [1.165, 1.54) is 10.5 Å². The second-order valence-electron chi connectivity index (χ2n) is 5.98. The van der Waals surface area contributed by atoms with Gasteiger partial charge in [0.25, 0.3) is 0 Å². The zero-order chi connectivity index (χ0) is 17.7. The highest BCUT2D eigenvalue weighted by Crippen LogP contribution is 2.45. The number of rotatable bonds is 6. The Hall–Kier alpha value is -0.600. The van der Waals surface area contributed by atoms with Crippen molar-refractivity contribution in [1.29, 1.82) is 0 Å². The van der Waals surface area contributed by atoms with Gasteiger partial charge in [0.05, 0.1) is 15.1 Å². The van der Waals surface area contributed by atoms with Crippen LogP contribution in [0.1, 0.15) is 39.2 Å². The Morgan fingerprint density at radius 3 is 2.04 bits per heavy atom. The van der Waals surface area contributed by atoms with Crippen LogP contribution in [0.3, 0.4) is 0 Å². The number of hydrogen-bond donors (Lipinski definition) is 0. The third kappa shape index (κ3) is 4.52. The summed E-state index contributed by atoms with van der Waals surface area (Å²) in [5.74, 6) is 0. The third-order valence-electron chi connectivity index (χ3n) is 4.56. The summed E-state index contributed by atoms with van der Waals surface area (Å²) in [5.41, 5.74) is 2.31. The SMILES string of the molecule is CCC(C)(CC)C(=CSc1ccccc1)c1cc(Cl)c(Cl)c(Cl)c1. The van der Waals surface area contributed by atoms with Crippen molar-refractivity contribution in [2.24, 2.45) is 5.41 Å². The van der Waals surface area contributed by atoms with Gasteiger partial charge in [0, 0.05) is 4.90 Å². The lowest BCUT2D eigenvalue weighted by Crippen LogP contribution is -2.16. The lowest BCUT2D eigenvalue weighted by molar-refractivity contribution is 0.415. The van der Waals surface area contributed by atoms with Gasteiger partial charge in [-0.25, -0.2) is 0 Å². The van der Waals surface area contributed by atoms with Gasteiger partial charge in [0.15, 0.2) is 0 Å². The van der Waals surface area contributed by atoms with Gasteiger partial charge in [-0.15, -0.1) is 0 Å². The molecule has 0 atom stereocenters. The highest BCUT2D eigenvalue weighted by molar-refractivity contribution is 8.02. The minimum atomic E-state index is 0.0439. The molecule has 24 heavy (non-hydrogen) atoms. The highest BCUT2D eigenvalue weighted by atomic mass is 35.5. The summed E-state index contributed by atoms with van der Waals surface area (Å²) in [4.78, 5) is 1.20. The topological polar surface area (TPSA) is 0 Å². The number of thioether (sulfide) groups is 1. The van der Waals surface area contributed by atoms with Crippen molar-refractivity contribution in [3.8, 4) is 0 Å². The first-order valence-corrected chi connectivity index (χ1v) is 10.00. The molecular weight excluding hydrogens is 379 g/mol. The van der Waals surface area contributed by atoms with Crippen molar-refractivity contribution in [3.63, 3.8) is 0 Å². The van der Waals surface area contributed by atoms with E-state index in [4.69, 9.17) is 34.8 Å². The Balaban J connectivity index is 2.51. The summed E-state index contributed by atoms with van der Waals surface area (Å²) in [6.45, 7) is 6.70. The van der Waals surface area contributed by atoms with E-state index in [1.54, 1.807) is 11.8 Å².